The molecule has 0 aliphatic heterocycles. The number of aliphatic imine (C=N–C) groups is 1. The zero-order chi connectivity index (χ0) is 29.7. The minimum Gasteiger partial charge on any atom is -0.505 e. The molecule has 2 atom stereocenters. The molecule has 8 nitrogen and oxygen atoms in total. The SMILES string of the molecule is CCc1cc(O)c(F)cc1N=C(N)c1cnn2cc(-c3ccc(OC)cc3C)cc2c1N[C@@H]1CC[C@](C)(N)C1(C)C. The van der Waals surface area contributed by atoms with E-state index in [0.717, 1.165) is 46.5 Å². The van der Waals surface area contributed by atoms with E-state index in [9.17, 15) is 9.50 Å². The van der Waals surface area contributed by atoms with Crippen molar-refractivity contribution in [2.45, 2.75) is 65.5 Å². The number of methoxy groups -OCH3 is 1. The molecular weight excluding hydrogens is 519 g/mol. The highest BCUT2D eigenvalue weighted by molar-refractivity contribution is 6.06. The van der Waals surface area contributed by atoms with Crippen LogP contribution >= 0.6 is 0 Å². The molecule has 4 aromatic rings. The maximum atomic E-state index is 14.3. The Bertz CT molecular complexity index is 1660. The summed E-state index contributed by atoms with van der Waals surface area (Å²) in [5.41, 5.74) is 19.2. The van der Waals surface area contributed by atoms with Crippen LogP contribution in [0.2, 0.25) is 0 Å². The Morgan fingerprint density at radius 3 is 2.63 bits per heavy atom. The smallest absolute Gasteiger partial charge is 0.166 e. The fraction of sp³-hybridized carbons (Fsp3) is 0.375. The average Bonchev–Trinajstić information content (AvgIpc) is 3.44. The third-order valence-electron chi connectivity index (χ3n) is 9.04. The Morgan fingerprint density at radius 2 is 2.00 bits per heavy atom. The fourth-order valence-electron chi connectivity index (χ4n) is 5.76. The van der Waals surface area contributed by atoms with Crippen LogP contribution in [0.5, 0.6) is 11.5 Å². The third kappa shape index (κ3) is 4.99. The lowest BCUT2D eigenvalue weighted by atomic mass is 9.75. The van der Waals surface area contributed by atoms with Crippen molar-refractivity contribution in [1.29, 1.82) is 0 Å². The molecule has 9 heteroatoms. The van der Waals surface area contributed by atoms with Crippen molar-refractivity contribution in [2.75, 3.05) is 12.4 Å². The summed E-state index contributed by atoms with van der Waals surface area (Å²) in [6.45, 7) is 10.4. The van der Waals surface area contributed by atoms with Gasteiger partial charge in [-0.05, 0) is 74.1 Å². The lowest BCUT2D eigenvalue weighted by Crippen LogP contribution is -2.51. The number of benzene rings is 2. The van der Waals surface area contributed by atoms with Crippen LogP contribution in [0.1, 0.15) is 57.2 Å². The van der Waals surface area contributed by atoms with Crippen molar-refractivity contribution in [3.63, 3.8) is 0 Å². The molecule has 5 rings (SSSR count). The van der Waals surface area contributed by atoms with E-state index in [1.165, 1.54) is 12.1 Å². The summed E-state index contributed by atoms with van der Waals surface area (Å²) in [5.74, 6) is -0.168. The molecule has 1 aliphatic rings. The van der Waals surface area contributed by atoms with Gasteiger partial charge in [0.1, 0.15) is 11.6 Å². The first-order valence-corrected chi connectivity index (χ1v) is 13.9. The molecule has 2 heterocycles. The Kier molecular flexibility index (Phi) is 7.19. The Morgan fingerprint density at radius 1 is 1.24 bits per heavy atom. The Balaban J connectivity index is 1.67. The van der Waals surface area contributed by atoms with E-state index in [4.69, 9.17) is 16.2 Å². The minimum absolute atomic E-state index is 0.0636. The number of hydrogen-bond donors (Lipinski definition) is 4. The molecule has 1 saturated carbocycles. The standard InChI is InChI=1S/C32H39FN6O2/c1-7-19-14-27(40)24(33)15-25(19)37-30(34)23-16-36-39-17-20(22-9-8-21(41-6)12-18(22)2)13-26(39)29(23)38-28-10-11-32(5,35)31(28,3)4/h8-9,12-17,28,38,40H,7,10-11,35H2,1-6H3,(H2,34,37)/t28-,32+/m1/s1. The van der Waals surface area contributed by atoms with Gasteiger partial charge in [-0.3, -0.25) is 0 Å². The van der Waals surface area contributed by atoms with Gasteiger partial charge in [0.05, 0.1) is 35.8 Å². The molecule has 2 aromatic heterocycles. The normalized spacial score (nSPS) is 20.5. The molecule has 0 bridgehead atoms. The van der Waals surface area contributed by atoms with E-state index in [-0.39, 0.29) is 22.8 Å². The highest BCUT2D eigenvalue weighted by Crippen LogP contribution is 2.46. The summed E-state index contributed by atoms with van der Waals surface area (Å²) in [5, 5.41) is 18.3. The monoisotopic (exact) mass is 558 g/mol. The molecule has 41 heavy (non-hydrogen) atoms. The first-order valence-electron chi connectivity index (χ1n) is 13.9. The van der Waals surface area contributed by atoms with Gasteiger partial charge in [-0.2, -0.15) is 5.10 Å². The van der Waals surface area contributed by atoms with Crippen LogP contribution in [0, 0.1) is 18.2 Å². The van der Waals surface area contributed by atoms with Gasteiger partial charge in [-0.1, -0.05) is 26.8 Å². The number of aryl methyl sites for hydroxylation is 2. The van der Waals surface area contributed by atoms with Crippen LogP contribution < -0.4 is 21.5 Å². The molecule has 0 amide bonds. The zero-order valence-corrected chi connectivity index (χ0v) is 24.5. The number of anilines is 1. The number of amidine groups is 1. The van der Waals surface area contributed by atoms with Gasteiger partial charge in [-0.25, -0.2) is 13.9 Å². The number of fused-ring (bicyclic) bond motifs is 1. The lowest BCUT2D eigenvalue weighted by molar-refractivity contribution is 0.215. The minimum atomic E-state index is -0.748. The Hall–Kier alpha value is -4.11. The number of hydrogen-bond acceptors (Lipinski definition) is 6. The van der Waals surface area contributed by atoms with Crippen molar-refractivity contribution >= 4 is 22.7 Å². The van der Waals surface area contributed by atoms with E-state index in [1.54, 1.807) is 13.3 Å². The third-order valence-corrected chi connectivity index (χ3v) is 9.04. The van der Waals surface area contributed by atoms with Gasteiger partial charge in [0.25, 0.3) is 0 Å². The molecule has 0 saturated heterocycles. The first-order chi connectivity index (χ1) is 19.4. The summed E-state index contributed by atoms with van der Waals surface area (Å²) in [7, 11) is 1.66. The molecule has 216 valence electrons. The van der Waals surface area contributed by atoms with Crippen molar-refractivity contribution in [1.82, 2.24) is 9.61 Å². The van der Waals surface area contributed by atoms with E-state index in [0.29, 0.717) is 23.2 Å². The molecule has 0 unspecified atom stereocenters. The molecule has 1 aliphatic carbocycles. The van der Waals surface area contributed by atoms with E-state index < -0.39 is 11.6 Å². The number of phenolic OH excluding ortho intramolecular Hbond substituents is 1. The number of nitrogens with two attached hydrogens (primary N) is 2. The molecule has 0 radical (unpaired) electrons. The maximum absolute atomic E-state index is 14.3. The predicted octanol–water partition coefficient (Wildman–Crippen LogP) is 6.08. The van der Waals surface area contributed by atoms with Crippen LogP contribution in [-0.2, 0) is 6.42 Å². The predicted molar refractivity (Wildman–Crippen MR) is 163 cm³/mol. The highest BCUT2D eigenvalue weighted by atomic mass is 19.1. The molecular formula is C32H39FN6O2. The van der Waals surface area contributed by atoms with Gasteiger partial charge in [0.15, 0.2) is 11.6 Å². The number of aromatic hydroxyl groups is 1. The van der Waals surface area contributed by atoms with Gasteiger partial charge in [0, 0.05) is 34.8 Å². The number of nitrogens with zero attached hydrogens (tertiary/aromatic N) is 3. The summed E-state index contributed by atoms with van der Waals surface area (Å²) < 4.78 is 21.5. The van der Waals surface area contributed by atoms with Gasteiger partial charge < -0.3 is 26.6 Å². The number of phenols is 1. The second-order valence-corrected chi connectivity index (χ2v) is 11.8. The quantitative estimate of drug-likeness (QED) is 0.161. The molecule has 1 fully saturated rings. The number of ether oxygens (including phenoxy) is 1. The van der Waals surface area contributed by atoms with E-state index in [2.05, 4.69) is 42.2 Å². The van der Waals surface area contributed by atoms with E-state index >= 15 is 0 Å². The highest BCUT2D eigenvalue weighted by Gasteiger charge is 2.49. The first kappa shape index (κ1) is 28.4. The van der Waals surface area contributed by atoms with Gasteiger partial charge >= 0.3 is 0 Å². The average molecular weight is 559 g/mol. The van der Waals surface area contributed by atoms with Crippen LogP contribution in [0.25, 0.3) is 16.6 Å². The fourth-order valence-corrected chi connectivity index (χ4v) is 5.76. The van der Waals surface area contributed by atoms with Crippen molar-refractivity contribution in [3.05, 3.63) is 71.3 Å². The summed E-state index contributed by atoms with van der Waals surface area (Å²) >= 11 is 0. The van der Waals surface area contributed by atoms with Crippen LogP contribution in [0.4, 0.5) is 15.8 Å². The lowest BCUT2D eigenvalue weighted by Gasteiger charge is -2.39. The van der Waals surface area contributed by atoms with Crippen LogP contribution in [0.3, 0.4) is 0 Å². The summed E-state index contributed by atoms with van der Waals surface area (Å²) in [6, 6.07) is 10.7. The molecule has 0 spiro atoms. The maximum Gasteiger partial charge on any atom is 0.166 e. The molecule has 6 N–H and O–H groups in total. The van der Waals surface area contributed by atoms with Crippen molar-refractivity contribution in [3.8, 4) is 22.6 Å². The number of rotatable bonds is 7. The second kappa shape index (κ2) is 10.4. The largest absolute Gasteiger partial charge is 0.505 e. The number of aromatic nitrogens is 2. The van der Waals surface area contributed by atoms with Crippen molar-refractivity contribution < 1.29 is 14.2 Å². The van der Waals surface area contributed by atoms with Gasteiger partial charge in [0.2, 0.25) is 0 Å². The Labute approximate surface area is 240 Å². The van der Waals surface area contributed by atoms with Gasteiger partial charge in [-0.15, -0.1) is 0 Å². The molecule has 2 aromatic carbocycles. The zero-order valence-electron chi connectivity index (χ0n) is 24.5. The number of halogens is 1. The topological polar surface area (TPSA) is 123 Å². The van der Waals surface area contributed by atoms with Crippen LogP contribution in [0.15, 0.2) is 53.8 Å². The summed E-state index contributed by atoms with van der Waals surface area (Å²) in [6.07, 6.45) is 5.99. The second-order valence-electron chi connectivity index (χ2n) is 11.8. The van der Waals surface area contributed by atoms with Crippen molar-refractivity contribution in [2.24, 2.45) is 21.9 Å². The van der Waals surface area contributed by atoms with E-state index in [1.807, 2.05) is 42.8 Å². The summed E-state index contributed by atoms with van der Waals surface area (Å²) in [4.78, 5) is 4.62. The number of nitrogens with one attached hydrogen (secondary N) is 1. The van der Waals surface area contributed by atoms with Crippen LogP contribution in [-0.4, -0.2) is 39.2 Å².